The van der Waals surface area contributed by atoms with Crippen LogP contribution < -0.4 is 14.8 Å². The Morgan fingerprint density at radius 1 is 0.906 bits per heavy atom. The van der Waals surface area contributed by atoms with Gasteiger partial charge in [-0.1, -0.05) is 41.9 Å². The summed E-state index contributed by atoms with van der Waals surface area (Å²) in [7, 11) is 1.66. The Balaban J connectivity index is 1.56. The van der Waals surface area contributed by atoms with E-state index in [0.717, 1.165) is 32.8 Å². The minimum atomic E-state index is 0.596. The van der Waals surface area contributed by atoms with Crippen LogP contribution in [0.15, 0.2) is 84.5 Å². The fourth-order valence-electron chi connectivity index (χ4n) is 3.38. The van der Waals surface area contributed by atoms with Crippen LogP contribution in [0.5, 0.6) is 17.2 Å². The van der Waals surface area contributed by atoms with E-state index in [1.165, 1.54) is 0 Å². The topological polar surface area (TPSA) is 56.3 Å². The fourth-order valence-corrected chi connectivity index (χ4v) is 4.47. The molecule has 0 aliphatic carbocycles. The highest BCUT2D eigenvalue weighted by Crippen LogP contribution is 2.40. The summed E-state index contributed by atoms with van der Waals surface area (Å²) in [6.07, 6.45) is 1.56. The predicted molar refractivity (Wildman–Crippen MR) is 131 cm³/mol. The number of rotatable bonds is 6. The number of benzene rings is 3. The lowest BCUT2D eigenvalue weighted by Gasteiger charge is -2.14. The van der Waals surface area contributed by atoms with Crippen molar-refractivity contribution >= 4 is 44.7 Å². The van der Waals surface area contributed by atoms with Crippen molar-refractivity contribution in [3.8, 4) is 28.4 Å². The monoisotopic (exact) mass is 459 g/mol. The van der Waals surface area contributed by atoms with E-state index in [1.54, 1.807) is 30.8 Å². The van der Waals surface area contributed by atoms with E-state index < -0.39 is 0 Å². The fraction of sp³-hybridized carbons (Fsp3) is 0.0400. The molecule has 7 heteroatoms. The van der Waals surface area contributed by atoms with Crippen LogP contribution in [0.3, 0.4) is 0 Å². The Labute approximate surface area is 194 Å². The molecule has 5 nitrogen and oxygen atoms in total. The smallest absolute Gasteiger partial charge is 0.151 e. The molecule has 1 N–H and O–H groups in total. The van der Waals surface area contributed by atoms with Crippen molar-refractivity contribution in [2.45, 2.75) is 0 Å². The molecule has 0 unspecified atom stereocenters. The summed E-state index contributed by atoms with van der Waals surface area (Å²) in [5.74, 6) is 2.88. The molecule has 32 heavy (non-hydrogen) atoms. The molecular formula is C25H18ClN3O2S. The molecule has 158 valence electrons. The van der Waals surface area contributed by atoms with E-state index in [4.69, 9.17) is 21.1 Å². The Morgan fingerprint density at radius 3 is 2.50 bits per heavy atom. The minimum Gasteiger partial charge on any atom is -0.497 e. The second kappa shape index (κ2) is 8.86. The number of para-hydroxylation sites is 1. The number of aromatic nitrogens is 2. The second-order valence-corrected chi connectivity index (χ2v) is 8.26. The maximum atomic E-state index is 6.30. The SMILES string of the molecule is COc1ccc(-c2csc3ncnc(Nc4cc(Cl)ccc4Oc4ccccc4)c23)cc1. The van der Waals surface area contributed by atoms with Crippen molar-refractivity contribution in [2.24, 2.45) is 0 Å². The number of fused-ring (bicyclic) bond motifs is 1. The van der Waals surface area contributed by atoms with E-state index in [1.807, 2.05) is 66.7 Å². The van der Waals surface area contributed by atoms with Crippen molar-refractivity contribution in [1.29, 1.82) is 0 Å². The van der Waals surface area contributed by atoms with Gasteiger partial charge in [0.15, 0.2) is 5.75 Å². The van der Waals surface area contributed by atoms with E-state index in [9.17, 15) is 0 Å². The van der Waals surface area contributed by atoms with E-state index in [0.29, 0.717) is 22.3 Å². The zero-order valence-electron chi connectivity index (χ0n) is 17.1. The highest BCUT2D eigenvalue weighted by molar-refractivity contribution is 7.17. The van der Waals surface area contributed by atoms with Crippen molar-refractivity contribution in [3.05, 3.63) is 89.5 Å². The highest BCUT2D eigenvalue weighted by Gasteiger charge is 2.15. The maximum absolute atomic E-state index is 6.30. The Morgan fingerprint density at radius 2 is 1.72 bits per heavy atom. The first-order valence-corrected chi connectivity index (χ1v) is 11.1. The van der Waals surface area contributed by atoms with Crippen LogP contribution in [0.4, 0.5) is 11.5 Å². The molecule has 0 spiro atoms. The highest BCUT2D eigenvalue weighted by atomic mass is 35.5. The van der Waals surface area contributed by atoms with Gasteiger partial charge < -0.3 is 14.8 Å². The standard InChI is InChI=1S/C25H18ClN3O2S/c1-30-18-10-7-16(8-11-18)20-14-32-25-23(20)24(27-15-28-25)29-21-13-17(26)9-12-22(21)31-19-5-3-2-4-6-19/h2-15H,1H3,(H,27,28,29). The van der Waals surface area contributed by atoms with E-state index in [-0.39, 0.29) is 0 Å². The van der Waals surface area contributed by atoms with Gasteiger partial charge in [0.05, 0.1) is 18.2 Å². The van der Waals surface area contributed by atoms with Gasteiger partial charge in [-0.2, -0.15) is 0 Å². The van der Waals surface area contributed by atoms with Crippen molar-refractivity contribution in [1.82, 2.24) is 9.97 Å². The summed E-state index contributed by atoms with van der Waals surface area (Å²) in [5.41, 5.74) is 2.82. The molecule has 2 aromatic heterocycles. The summed E-state index contributed by atoms with van der Waals surface area (Å²) < 4.78 is 11.4. The molecule has 0 saturated carbocycles. The molecule has 3 aromatic carbocycles. The first-order chi connectivity index (χ1) is 15.7. The van der Waals surface area contributed by atoms with E-state index >= 15 is 0 Å². The lowest BCUT2D eigenvalue weighted by molar-refractivity contribution is 0.415. The number of anilines is 2. The van der Waals surface area contributed by atoms with Gasteiger partial charge in [0.1, 0.15) is 28.5 Å². The van der Waals surface area contributed by atoms with Crippen molar-refractivity contribution < 1.29 is 9.47 Å². The van der Waals surface area contributed by atoms with Crippen LogP contribution in [-0.4, -0.2) is 17.1 Å². The summed E-state index contributed by atoms with van der Waals surface area (Å²) in [5, 5.41) is 7.04. The molecule has 0 saturated heterocycles. The quantitative estimate of drug-likeness (QED) is 0.284. The number of hydrogen-bond acceptors (Lipinski definition) is 6. The van der Waals surface area contributed by atoms with Gasteiger partial charge in [-0.15, -0.1) is 11.3 Å². The summed E-state index contributed by atoms with van der Waals surface area (Å²) in [6, 6.07) is 23.0. The Bertz CT molecular complexity index is 1370. The molecule has 0 radical (unpaired) electrons. The molecule has 0 aliphatic heterocycles. The first kappa shape index (κ1) is 20.3. The Kier molecular flexibility index (Phi) is 5.62. The largest absolute Gasteiger partial charge is 0.497 e. The van der Waals surface area contributed by atoms with Crippen LogP contribution in [0, 0.1) is 0 Å². The van der Waals surface area contributed by atoms with Crippen molar-refractivity contribution in [2.75, 3.05) is 12.4 Å². The van der Waals surface area contributed by atoms with Crippen LogP contribution in [-0.2, 0) is 0 Å². The van der Waals surface area contributed by atoms with Gasteiger partial charge in [0.2, 0.25) is 0 Å². The minimum absolute atomic E-state index is 0.596. The van der Waals surface area contributed by atoms with Crippen LogP contribution in [0.25, 0.3) is 21.3 Å². The molecule has 5 aromatic rings. The summed E-state index contributed by atoms with van der Waals surface area (Å²) in [6.45, 7) is 0. The lowest BCUT2D eigenvalue weighted by Crippen LogP contribution is -1.98. The lowest BCUT2D eigenvalue weighted by atomic mass is 10.1. The molecule has 0 fully saturated rings. The number of halogens is 1. The number of nitrogens with one attached hydrogen (secondary N) is 1. The third kappa shape index (κ3) is 4.10. The number of methoxy groups -OCH3 is 1. The normalized spacial score (nSPS) is 10.8. The number of nitrogens with zero attached hydrogens (tertiary/aromatic N) is 2. The molecule has 0 atom stereocenters. The average molecular weight is 460 g/mol. The first-order valence-electron chi connectivity index (χ1n) is 9.87. The van der Waals surface area contributed by atoms with Crippen molar-refractivity contribution in [3.63, 3.8) is 0 Å². The predicted octanol–water partition coefficient (Wildman–Crippen LogP) is 7.56. The molecular weight excluding hydrogens is 442 g/mol. The third-order valence-electron chi connectivity index (χ3n) is 4.94. The summed E-state index contributed by atoms with van der Waals surface area (Å²) in [4.78, 5) is 9.88. The maximum Gasteiger partial charge on any atom is 0.151 e. The van der Waals surface area contributed by atoms with E-state index in [2.05, 4.69) is 20.7 Å². The number of hydrogen-bond donors (Lipinski definition) is 1. The zero-order chi connectivity index (χ0) is 21.9. The van der Waals surface area contributed by atoms with Crippen LogP contribution in [0.1, 0.15) is 0 Å². The number of ether oxygens (including phenoxy) is 2. The average Bonchev–Trinajstić information content (AvgIpc) is 3.27. The molecule has 0 amide bonds. The third-order valence-corrected chi connectivity index (χ3v) is 6.06. The number of thiophene rings is 1. The van der Waals surface area contributed by atoms with Gasteiger partial charge in [0, 0.05) is 16.0 Å². The summed E-state index contributed by atoms with van der Waals surface area (Å²) >= 11 is 7.87. The van der Waals surface area contributed by atoms with Crippen LogP contribution in [0.2, 0.25) is 5.02 Å². The molecule has 5 rings (SSSR count). The zero-order valence-corrected chi connectivity index (χ0v) is 18.7. The van der Waals surface area contributed by atoms with Crippen LogP contribution >= 0.6 is 22.9 Å². The van der Waals surface area contributed by atoms with Gasteiger partial charge in [-0.25, -0.2) is 9.97 Å². The van der Waals surface area contributed by atoms with Gasteiger partial charge in [0.25, 0.3) is 0 Å². The molecule has 0 aliphatic rings. The second-order valence-electron chi connectivity index (χ2n) is 6.96. The molecule has 0 bridgehead atoms. The van der Waals surface area contributed by atoms with Gasteiger partial charge in [-0.05, 0) is 48.0 Å². The van der Waals surface area contributed by atoms with Gasteiger partial charge >= 0.3 is 0 Å². The van der Waals surface area contributed by atoms with Gasteiger partial charge in [-0.3, -0.25) is 0 Å². The molecule has 2 heterocycles. The Hall–Kier alpha value is -3.61.